The molecule has 5 nitrogen and oxygen atoms in total. The van der Waals surface area contributed by atoms with Gasteiger partial charge in [-0.1, -0.05) is 29.8 Å². The third-order valence-electron chi connectivity index (χ3n) is 4.20. The van der Waals surface area contributed by atoms with Gasteiger partial charge in [-0.3, -0.25) is 9.59 Å². The average molecular weight is 366 g/mol. The second-order valence-electron chi connectivity index (χ2n) is 5.82. The summed E-state index contributed by atoms with van der Waals surface area (Å²) < 4.78 is 5.68. The number of carbonyl (C=O) groups excluding carboxylic acids is 2. The van der Waals surface area contributed by atoms with E-state index in [4.69, 9.17) is 22.1 Å². The third-order valence-corrected chi connectivity index (χ3v) is 4.44. The van der Waals surface area contributed by atoms with Gasteiger partial charge in [0.05, 0.1) is 16.8 Å². The quantitative estimate of drug-likeness (QED) is 0.410. The minimum absolute atomic E-state index is 0.00868. The number of phenols is 1. The largest absolute Gasteiger partial charge is 0.507 e. The number of rotatable bonds is 2. The summed E-state index contributed by atoms with van der Waals surface area (Å²) in [4.78, 5) is 25.7. The minimum atomic E-state index is -0.485. The predicted octanol–water partition coefficient (Wildman–Crippen LogP) is 4.20. The van der Waals surface area contributed by atoms with Crippen LogP contribution in [0.25, 0.3) is 0 Å². The van der Waals surface area contributed by atoms with Crippen LogP contribution in [0.2, 0.25) is 5.02 Å². The highest BCUT2D eigenvalue weighted by Gasteiger charge is 2.35. The minimum Gasteiger partial charge on any atom is -0.507 e. The predicted molar refractivity (Wildman–Crippen MR) is 97.4 cm³/mol. The molecule has 6 heteroatoms. The summed E-state index contributed by atoms with van der Waals surface area (Å²) >= 11 is 5.96. The molecule has 1 aliphatic rings. The van der Waals surface area contributed by atoms with Gasteiger partial charge in [-0.25, -0.2) is 0 Å². The molecule has 0 amide bonds. The molecule has 4 rings (SSSR count). The van der Waals surface area contributed by atoms with Gasteiger partial charge < -0.3 is 15.6 Å². The molecular weight excluding hydrogens is 354 g/mol. The summed E-state index contributed by atoms with van der Waals surface area (Å²) in [6.07, 6.45) is 0. The van der Waals surface area contributed by atoms with E-state index >= 15 is 0 Å². The number of nitrogen functional groups attached to an aromatic ring is 1. The number of halogens is 1. The number of ketones is 2. The summed E-state index contributed by atoms with van der Waals surface area (Å²) in [6, 6.07) is 14.4. The van der Waals surface area contributed by atoms with Crippen LogP contribution in [0.3, 0.4) is 0 Å². The van der Waals surface area contributed by atoms with E-state index in [0.29, 0.717) is 10.8 Å². The fourth-order valence-corrected chi connectivity index (χ4v) is 3.17. The fraction of sp³-hybridized carbons (Fsp3) is 0. The number of anilines is 1. The van der Waals surface area contributed by atoms with Crippen molar-refractivity contribution in [3.8, 4) is 17.2 Å². The van der Waals surface area contributed by atoms with Crippen molar-refractivity contribution in [2.45, 2.75) is 0 Å². The molecule has 0 fully saturated rings. The van der Waals surface area contributed by atoms with Gasteiger partial charge >= 0.3 is 0 Å². The van der Waals surface area contributed by atoms with Gasteiger partial charge in [0, 0.05) is 22.2 Å². The maximum atomic E-state index is 12.9. The molecule has 0 atom stereocenters. The first-order chi connectivity index (χ1) is 12.5. The Morgan fingerprint density at radius 2 is 1.58 bits per heavy atom. The standard InChI is InChI=1S/C20H12ClNO4/c21-10-6-7-12-13(8-10)20(25)17-16(19(12)24)14(23)9-15(18(17)22)26-11-4-2-1-3-5-11/h1-9,23H,22H2. The van der Waals surface area contributed by atoms with E-state index in [1.165, 1.54) is 24.3 Å². The molecule has 1 aliphatic carbocycles. The van der Waals surface area contributed by atoms with E-state index in [1.54, 1.807) is 24.3 Å². The molecule has 0 radical (unpaired) electrons. The van der Waals surface area contributed by atoms with Crippen molar-refractivity contribution in [3.05, 3.63) is 81.9 Å². The number of benzene rings is 3. The molecule has 0 aromatic heterocycles. The Kier molecular flexibility index (Phi) is 3.67. The van der Waals surface area contributed by atoms with Gasteiger partial charge in [0.2, 0.25) is 0 Å². The van der Waals surface area contributed by atoms with Gasteiger partial charge in [0.25, 0.3) is 0 Å². The van der Waals surface area contributed by atoms with Crippen molar-refractivity contribution in [2.24, 2.45) is 0 Å². The summed E-state index contributed by atoms with van der Waals surface area (Å²) in [5, 5.41) is 10.7. The smallest absolute Gasteiger partial charge is 0.198 e. The molecule has 3 aromatic rings. The van der Waals surface area contributed by atoms with E-state index < -0.39 is 11.6 Å². The lowest BCUT2D eigenvalue weighted by molar-refractivity contribution is 0.0977. The first kappa shape index (κ1) is 16.2. The topological polar surface area (TPSA) is 89.6 Å². The monoisotopic (exact) mass is 365 g/mol. The first-order valence-corrected chi connectivity index (χ1v) is 8.12. The fourth-order valence-electron chi connectivity index (χ4n) is 3.00. The van der Waals surface area contributed by atoms with E-state index in [1.807, 2.05) is 6.07 Å². The van der Waals surface area contributed by atoms with E-state index in [-0.39, 0.29) is 39.4 Å². The Bertz CT molecular complexity index is 1080. The zero-order valence-corrected chi connectivity index (χ0v) is 14.1. The molecule has 0 spiro atoms. The maximum absolute atomic E-state index is 12.9. The van der Waals surface area contributed by atoms with Crippen molar-refractivity contribution in [1.29, 1.82) is 0 Å². The van der Waals surface area contributed by atoms with Crippen LogP contribution in [-0.2, 0) is 0 Å². The van der Waals surface area contributed by atoms with E-state index in [0.717, 1.165) is 0 Å². The van der Waals surface area contributed by atoms with Crippen LogP contribution in [0, 0.1) is 0 Å². The van der Waals surface area contributed by atoms with Crippen LogP contribution < -0.4 is 10.5 Å². The Hall–Kier alpha value is -3.31. The van der Waals surface area contributed by atoms with Crippen LogP contribution in [0.5, 0.6) is 17.2 Å². The molecule has 128 valence electrons. The van der Waals surface area contributed by atoms with Gasteiger partial charge in [0.1, 0.15) is 11.5 Å². The first-order valence-electron chi connectivity index (χ1n) is 7.74. The number of ether oxygens (including phenoxy) is 1. The van der Waals surface area contributed by atoms with E-state index in [2.05, 4.69) is 0 Å². The number of hydrogen-bond donors (Lipinski definition) is 2. The Balaban J connectivity index is 1.90. The average Bonchev–Trinajstić information content (AvgIpc) is 2.63. The number of nitrogens with two attached hydrogens (primary N) is 1. The molecule has 26 heavy (non-hydrogen) atoms. The molecule has 0 bridgehead atoms. The second-order valence-corrected chi connectivity index (χ2v) is 6.26. The van der Waals surface area contributed by atoms with Crippen molar-refractivity contribution in [1.82, 2.24) is 0 Å². The summed E-state index contributed by atoms with van der Waals surface area (Å²) in [5.74, 6) is -0.750. The van der Waals surface area contributed by atoms with E-state index in [9.17, 15) is 14.7 Å². The summed E-state index contributed by atoms with van der Waals surface area (Å²) in [6.45, 7) is 0. The number of para-hydroxylation sites is 1. The number of hydrogen-bond acceptors (Lipinski definition) is 5. The zero-order valence-electron chi connectivity index (χ0n) is 13.3. The highest BCUT2D eigenvalue weighted by molar-refractivity contribution is 6.34. The van der Waals surface area contributed by atoms with Crippen LogP contribution in [0.4, 0.5) is 5.69 Å². The molecule has 0 unspecified atom stereocenters. The normalized spacial score (nSPS) is 12.5. The van der Waals surface area contributed by atoms with Crippen LogP contribution >= 0.6 is 11.6 Å². The highest BCUT2D eigenvalue weighted by Crippen LogP contribution is 2.42. The molecule has 0 aliphatic heterocycles. The molecule has 3 aromatic carbocycles. The van der Waals surface area contributed by atoms with Crippen LogP contribution in [0.15, 0.2) is 54.6 Å². The lowest BCUT2D eigenvalue weighted by atomic mass is 9.82. The van der Waals surface area contributed by atoms with Gasteiger partial charge in [-0.05, 0) is 30.3 Å². The highest BCUT2D eigenvalue weighted by atomic mass is 35.5. The lowest BCUT2D eigenvalue weighted by Crippen LogP contribution is -2.22. The third kappa shape index (κ3) is 2.41. The Labute approximate surface area is 153 Å². The lowest BCUT2D eigenvalue weighted by Gasteiger charge is -2.21. The Morgan fingerprint density at radius 3 is 2.31 bits per heavy atom. The molecule has 3 N–H and O–H groups in total. The SMILES string of the molecule is Nc1c(Oc2ccccc2)cc(O)c2c1C(=O)c1cc(Cl)ccc1C2=O. The van der Waals surface area contributed by atoms with Crippen LogP contribution in [0.1, 0.15) is 31.8 Å². The molecule has 0 saturated heterocycles. The Morgan fingerprint density at radius 1 is 0.885 bits per heavy atom. The van der Waals surface area contributed by atoms with Gasteiger partial charge in [-0.2, -0.15) is 0 Å². The van der Waals surface area contributed by atoms with Crippen molar-refractivity contribution >= 4 is 28.9 Å². The molecule has 0 saturated carbocycles. The summed E-state index contributed by atoms with van der Waals surface area (Å²) in [7, 11) is 0. The van der Waals surface area contributed by atoms with Crippen molar-refractivity contribution < 1.29 is 19.4 Å². The number of phenolic OH excluding ortho intramolecular Hbond substituents is 1. The number of aromatic hydroxyl groups is 1. The number of fused-ring (bicyclic) bond motifs is 2. The van der Waals surface area contributed by atoms with Gasteiger partial charge in [0.15, 0.2) is 17.3 Å². The number of carbonyl (C=O) groups is 2. The summed E-state index contributed by atoms with van der Waals surface area (Å²) in [5.41, 5.74) is 6.25. The molecular formula is C20H12ClNO4. The zero-order chi connectivity index (χ0) is 18.4. The van der Waals surface area contributed by atoms with Crippen LogP contribution in [-0.4, -0.2) is 16.7 Å². The van der Waals surface area contributed by atoms with Crippen molar-refractivity contribution in [2.75, 3.05) is 5.73 Å². The molecule has 0 heterocycles. The van der Waals surface area contributed by atoms with Gasteiger partial charge in [-0.15, -0.1) is 0 Å². The second kappa shape index (κ2) is 5.89. The maximum Gasteiger partial charge on any atom is 0.198 e. The van der Waals surface area contributed by atoms with Crippen molar-refractivity contribution in [3.63, 3.8) is 0 Å².